The van der Waals surface area contributed by atoms with Gasteiger partial charge in [-0.05, 0) is 37.3 Å². The van der Waals surface area contributed by atoms with Crippen LogP contribution in [0.1, 0.15) is 17.3 Å². The first kappa shape index (κ1) is 15.1. The van der Waals surface area contributed by atoms with Gasteiger partial charge in [-0.25, -0.2) is 8.78 Å². The lowest BCUT2D eigenvalue weighted by molar-refractivity contribution is -0.385. The van der Waals surface area contributed by atoms with Crippen molar-refractivity contribution in [3.8, 4) is 0 Å². The zero-order valence-electron chi connectivity index (χ0n) is 10.8. The first-order valence-electron chi connectivity index (χ1n) is 5.81. The fourth-order valence-corrected chi connectivity index (χ4v) is 2.60. The third-order valence-corrected chi connectivity index (χ3v) is 3.69. The van der Waals surface area contributed by atoms with Crippen molar-refractivity contribution in [2.75, 3.05) is 0 Å². The number of nitro benzene ring substituents is 1. The number of nitrogens with zero attached hydrogens (tertiary/aromatic N) is 1. The maximum absolute atomic E-state index is 13.5. The lowest BCUT2D eigenvalue weighted by atomic mass is 10.1. The van der Waals surface area contributed by atoms with E-state index in [4.69, 9.17) is 0 Å². The van der Waals surface area contributed by atoms with E-state index in [2.05, 4.69) is 0 Å². The molecule has 0 saturated heterocycles. The minimum Gasteiger partial charge on any atom is -0.294 e. The summed E-state index contributed by atoms with van der Waals surface area (Å²) in [6, 6.07) is 6.91. The number of ketones is 1. The molecule has 0 spiro atoms. The van der Waals surface area contributed by atoms with Crippen LogP contribution in [0.15, 0.2) is 46.2 Å². The summed E-state index contributed by atoms with van der Waals surface area (Å²) in [6.45, 7) is 1.22. The molecule has 7 heteroatoms. The lowest BCUT2D eigenvalue weighted by Crippen LogP contribution is -2.00. The summed E-state index contributed by atoms with van der Waals surface area (Å²) in [4.78, 5) is 22.0. The average Bonchev–Trinajstić information content (AvgIpc) is 2.42. The number of carbonyl (C=O) groups is 1. The molecule has 2 rings (SSSR count). The zero-order chi connectivity index (χ0) is 15.6. The molecule has 0 unspecified atom stereocenters. The molecular formula is C14H9F2NO3S. The fourth-order valence-electron chi connectivity index (χ4n) is 1.71. The van der Waals surface area contributed by atoms with Crippen LogP contribution < -0.4 is 0 Å². The molecule has 108 valence electrons. The molecular weight excluding hydrogens is 300 g/mol. The van der Waals surface area contributed by atoms with Gasteiger partial charge in [-0.3, -0.25) is 14.9 Å². The Bertz CT molecular complexity index is 734. The number of hydrogen-bond donors (Lipinski definition) is 0. The first-order valence-corrected chi connectivity index (χ1v) is 6.62. The van der Waals surface area contributed by atoms with Gasteiger partial charge in [-0.15, -0.1) is 0 Å². The SMILES string of the molecule is CC(=O)c1ccc(Sc2cc(F)ccc2F)cc1[N+](=O)[O-]. The van der Waals surface area contributed by atoms with Gasteiger partial charge < -0.3 is 0 Å². The maximum atomic E-state index is 13.5. The van der Waals surface area contributed by atoms with Crippen LogP contribution in [0.25, 0.3) is 0 Å². The van der Waals surface area contributed by atoms with Crippen LogP contribution in [0.4, 0.5) is 14.5 Å². The number of nitro groups is 1. The number of rotatable bonds is 4. The smallest absolute Gasteiger partial charge is 0.281 e. The Kier molecular flexibility index (Phi) is 4.32. The first-order chi connectivity index (χ1) is 9.88. The summed E-state index contributed by atoms with van der Waals surface area (Å²) in [5, 5.41) is 11.0. The van der Waals surface area contributed by atoms with E-state index in [0.29, 0.717) is 4.90 Å². The van der Waals surface area contributed by atoms with Gasteiger partial charge in [-0.2, -0.15) is 0 Å². The van der Waals surface area contributed by atoms with Gasteiger partial charge in [0, 0.05) is 11.0 Å². The molecule has 0 aliphatic carbocycles. The van der Waals surface area contributed by atoms with Crippen molar-refractivity contribution in [2.24, 2.45) is 0 Å². The number of Topliss-reactive ketones (excluding diaryl/α,β-unsaturated/α-hetero) is 1. The van der Waals surface area contributed by atoms with E-state index in [1.807, 2.05) is 0 Å². The van der Waals surface area contributed by atoms with E-state index in [9.17, 15) is 23.7 Å². The second kappa shape index (κ2) is 6.01. The van der Waals surface area contributed by atoms with E-state index in [-0.39, 0.29) is 16.1 Å². The average molecular weight is 309 g/mol. The van der Waals surface area contributed by atoms with Crippen LogP contribution >= 0.6 is 11.8 Å². The molecule has 0 saturated carbocycles. The number of carbonyl (C=O) groups excluding carboxylic acids is 1. The minimum absolute atomic E-state index is 0.0138. The Labute approximate surface area is 122 Å². The minimum atomic E-state index is -0.678. The molecule has 0 heterocycles. The number of halogens is 2. The molecule has 2 aromatic rings. The molecule has 0 N–H and O–H groups in total. The molecule has 2 aromatic carbocycles. The highest BCUT2D eigenvalue weighted by Crippen LogP contribution is 2.33. The summed E-state index contributed by atoms with van der Waals surface area (Å²) < 4.78 is 26.6. The van der Waals surface area contributed by atoms with Gasteiger partial charge in [0.1, 0.15) is 11.6 Å². The quantitative estimate of drug-likeness (QED) is 0.482. The summed E-state index contributed by atoms with van der Waals surface area (Å²) >= 11 is 0.850. The molecule has 0 aliphatic rings. The summed E-state index contributed by atoms with van der Waals surface area (Å²) in [5.74, 6) is -1.66. The Morgan fingerprint density at radius 1 is 1.19 bits per heavy atom. The molecule has 0 bridgehead atoms. The Morgan fingerprint density at radius 2 is 1.90 bits per heavy atom. The molecule has 0 atom stereocenters. The van der Waals surface area contributed by atoms with Crippen LogP contribution in [0.2, 0.25) is 0 Å². The van der Waals surface area contributed by atoms with Crippen LogP contribution in [0.5, 0.6) is 0 Å². The van der Waals surface area contributed by atoms with Crippen molar-refractivity contribution >= 4 is 23.2 Å². The van der Waals surface area contributed by atoms with Crippen LogP contribution in [0.3, 0.4) is 0 Å². The van der Waals surface area contributed by atoms with E-state index >= 15 is 0 Å². The van der Waals surface area contributed by atoms with Crippen LogP contribution in [-0.4, -0.2) is 10.7 Å². The standard InChI is InChI=1S/C14H9F2NO3S/c1-8(18)11-4-3-10(7-13(11)17(19)20)21-14-6-9(15)2-5-12(14)16/h2-7H,1H3. The Hall–Kier alpha value is -2.28. The highest BCUT2D eigenvalue weighted by molar-refractivity contribution is 7.99. The highest BCUT2D eigenvalue weighted by atomic mass is 32.2. The molecule has 0 aromatic heterocycles. The third-order valence-electron chi connectivity index (χ3n) is 2.67. The van der Waals surface area contributed by atoms with Gasteiger partial charge in [0.15, 0.2) is 5.78 Å². The van der Waals surface area contributed by atoms with Gasteiger partial charge in [-0.1, -0.05) is 11.8 Å². The zero-order valence-corrected chi connectivity index (χ0v) is 11.6. The second-order valence-electron chi connectivity index (χ2n) is 4.17. The fraction of sp³-hybridized carbons (Fsp3) is 0.0714. The maximum Gasteiger partial charge on any atom is 0.281 e. The summed E-state index contributed by atoms with van der Waals surface area (Å²) in [7, 11) is 0. The van der Waals surface area contributed by atoms with Gasteiger partial charge in [0.05, 0.1) is 15.4 Å². The Morgan fingerprint density at radius 3 is 2.52 bits per heavy atom. The molecule has 0 radical (unpaired) electrons. The van der Waals surface area contributed by atoms with Gasteiger partial charge in [0.2, 0.25) is 0 Å². The number of benzene rings is 2. The van der Waals surface area contributed by atoms with Crippen molar-refractivity contribution in [1.29, 1.82) is 0 Å². The predicted molar refractivity (Wildman–Crippen MR) is 73.6 cm³/mol. The largest absolute Gasteiger partial charge is 0.294 e. The van der Waals surface area contributed by atoms with E-state index in [1.54, 1.807) is 0 Å². The van der Waals surface area contributed by atoms with E-state index in [0.717, 1.165) is 30.0 Å². The van der Waals surface area contributed by atoms with Crippen molar-refractivity contribution in [2.45, 2.75) is 16.7 Å². The van der Waals surface area contributed by atoms with Crippen molar-refractivity contribution in [3.05, 3.63) is 63.7 Å². The van der Waals surface area contributed by atoms with E-state index in [1.165, 1.54) is 25.1 Å². The molecule has 0 amide bonds. The molecule has 4 nitrogen and oxygen atoms in total. The third kappa shape index (κ3) is 3.43. The normalized spacial score (nSPS) is 10.4. The van der Waals surface area contributed by atoms with Gasteiger partial charge in [0.25, 0.3) is 5.69 Å². The lowest BCUT2D eigenvalue weighted by Gasteiger charge is -2.05. The molecule has 0 aliphatic heterocycles. The predicted octanol–water partition coefficient (Wildman–Crippen LogP) is 4.23. The van der Waals surface area contributed by atoms with Crippen molar-refractivity contribution < 1.29 is 18.5 Å². The van der Waals surface area contributed by atoms with E-state index < -0.39 is 22.3 Å². The van der Waals surface area contributed by atoms with Gasteiger partial charge >= 0.3 is 0 Å². The van der Waals surface area contributed by atoms with Crippen LogP contribution in [-0.2, 0) is 0 Å². The van der Waals surface area contributed by atoms with Crippen LogP contribution in [0, 0.1) is 21.7 Å². The highest BCUT2D eigenvalue weighted by Gasteiger charge is 2.18. The Balaban J connectivity index is 2.41. The number of hydrogen-bond acceptors (Lipinski definition) is 4. The molecule has 21 heavy (non-hydrogen) atoms. The van der Waals surface area contributed by atoms with Crippen molar-refractivity contribution in [1.82, 2.24) is 0 Å². The summed E-state index contributed by atoms with van der Waals surface area (Å²) in [6.07, 6.45) is 0. The topological polar surface area (TPSA) is 60.2 Å². The second-order valence-corrected chi connectivity index (χ2v) is 5.28. The molecule has 0 fully saturated rings. The van der Waals surface area contributed by atoms with Crippen molar-refractivity contribution in [3.63, 3.8) is 0 Å². The summed E-state index contributed by atoms with van der Waals surface area (Å²) in [5.41, 5.74) is -0.381. The monoisotopic (exact) mass is 309 g/mol.